The van der Waals surface area contributed by atoms with Gasteiger partial charge in [-0.25, -0.2) is 4.79 Å². The Bertz CT molecular complexity index is 967. The number of aromatic nitrogens is 1. The quantitative estimate of drug-likeness (QED) is 0.505. The fourth-order valence-electron chi connectivity index (χ4n) is 5.20. The number of aromatic amines is 1. The normalized spacial score (nSPS) is 24.8. The van der Waals surface area contributed by atoms with Crippen LogP contribution in [0.2, 0.25) is 0 Å². The number of piperidine rings is 1. The average Bonchev–Trinajstić information content (AvgIpc) is 3.12. The summed E-state index contributed by atoms with van der Waals surface area (Å²) < 4.78 is 11.8. The van der Waals surface area contributed by atoms with Gasteiger partial charge in [-0.1, -0.05) is 13.3 Å². The summed E-state index contributed by atoms with van der Waals surface area (Å²) in [6, 6.07) is 4.16. The van der Waals surface area contributed by atoms with E-state index in [0.717, 1.165) is 53.5 Å². The van der Waals surface area contributed by atoms with Crippen LogP contribution < -0.4 is 4.74 Å². The molecule has 1 saturated heterocycles. The molecule has 0 bridgehead atoms. The van der Waals surface area contributed by atoms with Crippen molar-refractivity contribution < 1.29 is 19.4 Å². The van der Waals surface area contributed by atoms with E-state index >= 15 is 0 Å². The number of ether oxygens (including phenoxy) is 2. The molecule has 6 nitrogen and oxygen atoms in total. The molecule has 2 N–H and O–H groups in total. The highest BCUT2D eigenvalue weighted by Gasteiger charge is 2.42. The summed E-state index contributed by atoms with van der Waals surface area (Å²) in [7, 11) is 3.22. The van der Waals surface area contributed by atoms with Gasteiger partial charge >= 0.3 is 5.97 Å². The lowest BCUT2D eigenvalue weighted by Crippen LogP contribution is -2.46. The van der Waals surface area contributed by atoms with E-state index in [2.05, 4.69) is 32.7 Å². The zero-order valence-electron chi connectivity index (χ0n) is 17.0. The zero-order chi connectivity index (χ0) is 20.7. The van der Waals surface area contributed by atoms with Crippen molar-refractivity contribution in [1.82, 2.24) is 9.88 Å². The Hall–Kier alpha value is -1.99. The third-order valence-electron chi connectivity index (χ3n) is 6.58. The van der Waals surface area contributed by atoms with Crippen LogP contribution in [0.1, 0.15) is 37.1 Å². The summed E-state index contributed by atoms with van der Waals surface area (Å²) in [4.78, 5) is 18.1. The first kappa shape index (κ1) is 20.3. The van der Waals surface area contributed by atoms with Crippen molar-refractivity contribution in [3.63, 3.8) is 0 Å². The topological polar surface area (TPSA) is 74.8 Å². The van der Waals surface area contributed by atoms with Crippen LogP contribution in [0.3, 0.4) is 0 Å². The average molecular weight is 463 g/mol. The van der Waals surface area contributed by atoms with Gasteiger partial charge in [0.2, 0.25) is 0 Å². The van der Waals surface area contributed by atoms with Crippen molar-refractivity contribution in [2.24, 2.45) is 11.8 Å². The van der Waals surface area contributed by atoms with Crippen molar-refractivity contribution in [1.29, 1.82) is 0 Å². The van der Waals surface area contributed by atoms with Crippen LogP contribution in [-0.2, 0) is 16.0 Å². The Morgan fingerprint density at radius 3 is 2.86 bits per heavy atom. The van der Waals surface area contributed by atoms with Crippen molar-refractivity contribution >= 4 is 32.8 Å². The Balaban J connectivity index is 1.80. The van der Waals surface area contributed by atoms with Gasteiger partial charge in [0.05, 0.1) is 37.6 Å². The standard InChI is InChI=1S/C22H27BrN2O4/c1-4-12-10-25-8-7-13-19-18(29-3)6-5-16(23)21(19)24-20(13)17(25)9-14(12)15(11-28-2)22(26)27/h5-6,11-12,14,17,24H,4,7-10H2,1-3H3,(H,26,27)/b15-11+/t12-,14+,17?/m1/s1. The number of nitrogens with one attached hydrogen (secondary N) is 1. The van der Waals surface area contributed by atoms with E-state index in [1.165, 1.54) is 24.6 Å². The van der Waals surface area contributed by atoms with E-state index in [1.54, 1.807) is 7.11 Å². The number of halogens is 1. The van der Waals surface area contributed by atoms with Crippen LogP contribution in [0.4, 0.5) is 0 Å². The van der Waals surface area contributed by atoms with E-state index in [9.17, 15) is 9.90 Å². The molecule has 0 amide bonds. The maximum Gasteiger partial charge on any atom is 0.334 e. The number of hydrogen-bond acceptors (Lipinski definition) is 4. The van der Waals surface area contributed by atoms with Crippen molar-refractivity contribution in [3.05, 3.63) is 39.7 Å². The summed E-state index contributed by atoms with van der Waals surface area (Å²) in [6.07, 6.45) is 4.08. The molecule has 0 spiro atoms. The number of H-pyrrole nitrogens is 1. The van der Waals surface area contributed by atoms with Gasteiger partial charge in [-0.3, -0.25) is 4.90 Å². The SMILES string of the molecule is CC[C@@H]1CN2CCc3c([nH]c4c(Br)ccc(OC)c34)C2C[C@@H]1/C(=C\OC)C(=O)O. The Morgan fingerprint density at radius 2 is 2.21 bits per heavy atom. The molecule has 156 valence electrons. The molecule has 2 aliphatic heterocycles. The molecule has 1 aromatic carbocycles. The molecule has 3 heterocycles. The van der Waals surface area contributed by atoms with E-state index < -0.39 is 5.97 Å². The molecule has 0 saturated carbocycles. The van der Waals surface area contributed by atoms with Crippen molar-refractivity contribution in [3.8, 4) is 5.75 Å². The minimum Gasteiger partial charge on any atom is -0.504 e. The fraction of sp³-hybridized carbons (Fsp3) is 0.500. The highest BCUT2D eigenvalue weighted by Crippen LogP contribution is 2.47. The number of benzene rings is 1. The third kappa shape index (κ3) is 3.34. The van der Waals surface area contributed by atoms with Gasteiger partial charge in [0.15, 0.2) is 0 Å². The van der Waals surface area contributed by atoms with Gasteiger partial charge in [0.25, 0.3) is 0 Å². The molecular weight excluding hydrogens is 436 g/mol. The number of rotatable bonds is 5. The largest absolute Gasteiger partial charge is 0.504 e. The molecule has 4 rings (SSSR count). The van der Waals surface area contributed by atoms with Gasteiger partial charge in [0, 0.05) is 28.6 Å². The van der Waals surface area contributed by atoms with Gasteiger partial charge in [0.1, 0.15) is 5.75 Å². The van der Waals surface area contributed by atoms with Crippen molar-refractivity contribution in [2.45, 2.75) is 32.2 Å². The van der Waals surface area contributed by atoms with Crippen LogP contribution in [0.25, 0.3) is 10.9 Å². The molecule has 7 heteroatoms. The van der Waals surface area contributed by atoms with Gasteiger partial charge < -0.3 is 19.6 Å². The molecule has 1 fully saturated rings. The predicted octanol–water partition coefficient (Wildman–Crippen LogP) is 4.50. The van der Waals surface area contributed by atoms with Crippen LogP contribution in [-0.4, -0.2) is 48.3 Å². The van der Waals surface area contributed by atoms with E-state index in [4.69, 9.17) is 9.47 Å². The summed E-state index contributed by atoms with van der Waals surface area (Å²) in [5.74, 6) is 0.247. The molecule has 1 unspecified atom stereocenters. The second kappa shape index (κ2) is 8.03. The van der Waals surface area contributed by atoms with Crippen molar-refractivity contribution in [2.75, 3.05) is 27.3 Å². The fourth-order valence-corrected chi connectivity index (χ4v) is 5.63. The van der Waals surface area contributed by atoms with Gasteiger partial charge in [-0.15, -0.1) is 0 Å². The number of methoxy groups -OCH3 is 2. The zero-order valence-corrected chi connectivity index (χ0v) is 18.6. The van der Waals surface area contributed by atoms with Gasteiger partial charge in [-0.05, 0) is 58.3 Å². The first-order valence-corrected chi connectivity index (χ1v) is 10.9. The molecule has 3 atom stereocenters. The number of hydrogen-bond donors (Lipinski definition) is 2. The number of carboxylic acid groups (broad SMARTS) is 1. The molecular formula is C22H27BrN2O4. The third-order valence-corrected chi connectivity index (χ3v) is 7.24. The molecule has 2 aromatic rings. The van der Waals surface area contributed by atoms with Crippen LogP contribution >= 0.6 is 15.9 Å². The number of fused-ring (bicyclic) bond motifs is 5. The maximum absolute atomic E-state index is 11.9. The van der Waals surface area contributed by atoms with Crippen LogP contribution in [0.5, 0.6) is 5.75 Å². The molecule has 2 aliphatic rings. The monoisotopic (exact) mass is 462 g/mol. The number of nitrogens with zero attached hydrogens (tertiary/aromatic N) is 1. The van der Waals surface area contributed by atoms with E-state index in [0.29, 0.717) is 11.5 Å². The second-order valence-corrected chi connectivity index (χ2v) is 8.76. The highest BCUT2D eigenvalue weighted by atomic mass is 79.9. The van der Waals surface area contributed by atoms with E-state index in [-0.39, 0.29) is 12.0 Å². The summed E-state index contributed by atoms with van der Waals surface area (Å²) in [6.45, 7) is 4.01. The summed E-state index contributed by atoms with van der Waals surface area (Å²) >= 11 is 3.67. The molecule has 0 aliphatic carbocycles. The van der Waals surface area contributed by atoms with Crippen LogP contribution in [0.15, 0.2) is 28.4 Å². The minimum atomic E-state index is -0.888. The summed E-state index contributed by atoms with van der Waals surface area (Å²) in [5, 5.41) is 10.9. The first-order chi connectivity index (χ1) is 14.0. The number of carboxylic acids is 1. The first-order valence-electron chi connectivity index (χ1n) is 10.1. The number of carbonyl (C=O) groups is 1. The molecule has 1 aromatic heterocycles. The lowest BCUT2D eigenvalue weighted by atomic mass is 9.74. The Kier molecular flexibility index (Phi) is 5.62. The smallest absolute Gasteiger partial charge is 0.334 e. The van der Waals surface area contributed by atoms with Gasteiger partial charge in [-0.2, -0.15) is 0 Å². The second-order valence-electron chi connectivity index (χ2n) is 7.90. The summed E-state index contributed by atoms with van der Waals surface area (Å²) in [5.41, 5.74) is 3.91. The molecule has 0 radical (unpaired) electrons. The van der Waals surface area contributed by atoms with E-state index in [1.807, 2.05) is 12.1 Å². The minimum absolute atomic E-state index is 0.0404. The maximum atomic E-state index is 11.9. The molecule has 29 heavy (non-hydrogen) atoms. The Labute approximate surface area is 179 Å². The lowest BCUT2D eigenvalue weighted by molar-refractivity contribution is -0.134. The predicted molar refractivity (Wildman–Crippen MR) is 115 cm³/mol. The number of aliphatic carboxylic acids is 1. The lowest BCUT2D eigenvalue weighted by Gasteiger charge is -2.46. The van der Waals surface area contributed by atoms with Crippen LogP contribution in [0, 0.1) is 11.8 Å². The Morgan fingerprint density at radius 1 is 1.41 bits per heavy atom. The highest BCUT2D eigenvalue weighted by molar-refractivity contribution is 9.10.